The number of esters is 1. The summed E-state index contributed by atoms with van der Waals surface area (Å²) in [6.07, 6.45) is -0.203. The minimum absolute atomic E-state index is 0.00757. The molecule has 2 aliphatic heterocycles. The second-order valence-corrected chi connectivity index (χ2v) is 6.21. The summed E-state index contributed by atoms with van der Waals surface area (Å²) in [5.74, 6) is -1.77. The number of aliphatic carboxylic acids is 1. The number of carboxylic acid groups (broad SMARTS) is 1. The average Bonchev–Trinajstić information content (AvgIpc) is 2.95. The van der Waals surface area contributed by atoms with Crippen molar-refractivity contribution in [3.63, 3.8) is 0 Å². The second kappa shape index (κ2) is 5.54. The number of carbonyl (C=O) groups excluding carboxylic acids is 2. The summed E-state index contributed by atoms with van der Waals surface area (Å²) >= 11 is 6.12. The van der Waals surface area contributed by atoms with Crippen LogP contribution >= 0.6 is 24.0 Å². The fourth-order valence-electron chi connectivity index (χ4n) is 2.17. The van der Waals surface area contributed by atoms with Gasteiger partial charge in [0.25, 0.3) is 5.91 Å². The molecule has 1 saturated heterocycles. The van der Waals surface area contributed by atoms with E-state index in [1.165, 1.54) is 4.90 Å². The Bertz CT molecular complexity index is 755. The van der Waals surface area contributed by atoms with Crippen molar-refractivity contribution in [2.75, 3.05) is 6.54 Å². The van der Waals surface area contributed by atoms with Crippen LogP contribution < -0.4 is 0 Å². The molecule has 1 aromatic rings. The van der Waals surface area contributed by atoms with Crippen molar-refractivity contribution in [3.05, 3.63) is 40.3 Å². The van der Waals surface area contributed by atoms with E-state index >= 15 is 0 Å². The number of fused-ring (bicyclic) bond motifs is 1. The lowest BCUT2D eigenvalue weighted by molar-refractivity contribution is -0.137. The Morgan fingerprint density at radius 1 is 1.27 bits per heavy atom. The van der Waals surface area contributed by atoms with Gasteiger partial charge < -0.3 is 9.84 Å². The van der Waals surface area contributed by atoms with E-state index in [4.69, 9.17) is 22.1 Å². The molecule has 22 heavy (non-hydrogen) atoms. The number of ether oxygens (including phenoxy) is 1. The van der Waals surface area contributed by atoms with Crippen LogP contribution in [0.3, 0.4) is 0 Å². The van der Waals surface area contributed by atoms with Gasteiger partial charge in [0.15, 0.2) is 5.76 Å². The summed E-state index contributed by atoms with van der Waals surface area (Å²) in [7, 11) is 0. The van der Waals surface area contributed by atoms with E-state index in [0.717, 1.165) is 11.8 Å². The first kappa shape index (κ1) is 14.7. The average molecular weight is 335 g/mol. The molecule has 8 heteroatoms. The second-order valence-electron chi connectivity index (χ2n) is 4.56. The molecule has 0 bridgehead atoms. The Balaban J connectivity index is 1.97. The number of nitrogens with zero attached hydrogens (tertiary/aromatic N) is 1. The summed E-state index contributed by atoms with van der Waals surface area (Å²) in [6, 6.07) is 6.77. The summed E-state index contributed by atoms with van der Waals surface area (Å²) in [5.41, 5.74) is 0.944. The van der Waals surface area contributed by atoms with Crippen LogP contribution in [-0.4, -0.2) is 38.7 Å². The SMILES string of the molecule is O=C(O)CCN1C(=O)C(=C2OC(=O)c3ccccc32)SC1=S. The normalized spacial score (nSPS) is 20.4. The molecule has 0 aromatic heterocycles. The number of amides is 1. The molecule has 0 saturated carbocycles. The molecule has 0 radical (unpaired) electrons. The van der Waals surface area contributed by atoms with E-state index in [1.807, 2.05) is 0 Å². The number of benzene rings is 1. The van der Waals surface area contributed by atoms with Crippen molar-refractivity contribution in [2.24, 2.45) is 0 Å². The van der Waals surface area contributed by atoms with Gasteiger partial charge in [-0.25, -0.2) is 4.79 Å². The highest BCUT2D eigenvalue weighted by Crippen LogP contribution is 2.41. The van der Waals surface area contributed by atoms with Gasteiger partial charge in [-0.05, 0) is 6.07 Å². The lowest BCUT2D eigenvalue weighted by Crippen LogP contribution is -2.30. The first-order valence-corrected chi connectivity index (χ1v) is 7.53. The van der Waals surface area contributed by atoms with Crippen LogP contribution in [-0.2, 0) is 14.3 Å². The zero-order chi connectivity index (χ0) is 15.9. The molecular formula is C14H9NO5S2. The molecule has 0 aliphatic carbocycles. The van der Waals surface area contributed by atoms with Crippen LogP contribution in [0.4, 0.5) is 0 Å². The topological polar surface area (TPSA) is 83.9 Å². The van der Waals surface area contributed by atoms with Crippen LogP contribution in [0.1, 0.15) is 22.3 Å². The number of thioether (sulfide) groups is 1. The third-order valence-electron chi connectivity index (χ3n) is 3.19. The van der Waals surface area contributed by atoms with E-state index in [0.29, 0.717) is 11.1 Å². The van der Waals surface area contributed by atoms with Crippen molar-refractivity contribution in [1.29, 1.82) is 0 Å². The summed E-state index contributed by atoms with van der Waals surface area (Å²) in [6.45, 7) is -0.00757. The zero-order valence-electron chi connectivity index (χ0n) is 11.1. The Hall–Kier alpha value is -2.19. The molecule has 112 valence electrons. The van der Waals surface area contributed by atoms with Crippen LogP contribution in [0.5, 0.6) is 0 Å². The molecule has 3 rings (SSSR count). The van der Waals surface area contributed by atoms with E-state index in [-0.39, 0.29) is 28.0 Å². The molecule has 1 fully saturated rings. The maximum absolute atomic E-state index is 12.4. The Morgan fingerprint density at radius 2 is 1.95 bits per heavy atom. The van der Waals surface area contributed by atoms with E-state index in [9.17, 15) is 14.4 Å². The molecule has 0 unspecified atom stereocenters. The maximum Gasteiger partial charge on any atom is 0.344 e. The molecular weight excluding hydrogens is 326 g/mol. The van der Waals surface area contributed by atoms with Gasteiger partial charge in [-0.1, -0.05) is 42.2 Å². The molecule has 6 nitrogen and oxygen atoms in total. The van der Waals surface area contributed by atoms with Gasteiger partial charge in [-0.3, -0.25) is 14.5 Å². The monoisotopic (exact) mass is 335 g/mol. The summed E-state index contributed by atoms with van der Waals surface area (Å²) < 4.78 is 5.46. The molecule has 2 aliphatic rings. The Kier molecular flexibility index (Phi) is 3.71. The minimum Gasteiger partial charge on any atom is -0.481 e. The van der Waals surface area contributed by atoms with Gasteiger partial charge in [-0.2, -0.15) is 0 Å². The number of hydrogen-bond acceptors (Lipinski definition) is 6. The predicted molar refractivity (Wildman–Crippen MR) is 82.9 cm³/mol. The largest absolute Gasteiger partial charge is 0.481 e. The number of rotatable bonds is 3. The highest BCUT2D eigenvalue weighted by molar-refractivity contribution is 8.26. The van der Waals surface area contributed by atoms with Crippen LogP contribution in [0.25, 0.3) is 5.76 Å². The number of carbonyl (C=O) groups is 3. The number of hydrogen-bond donors (Lipinski definition) is 1. The zero-order valence-corrected chi connectivity index (χ0v) is 12.7. The smallest absolute Gasteiger partial charge is 0.344 e. The lowest BCUT2D eigenvalue weighted by atomic mass is 10.1. The molecule has 1 aromatic carbocycles. The Morgan fingerprint density at radius 3 is 2.64 bits per heavy atom. The molecule has 2 heterocycles. The van der Waals surface area contributed by atoms with Gasteiger partial charge in [0.2, 0.25) is 0 Å². The third-order valence-corrected chi connectivity index (χ3v) is 4.62. The quantitative estimate of drug-likeness (QED) is 0.513. The molecule has 1 amide bonds. The highest BCUT2D eigenvalue weighted by atomic mass is 32.2. The third kappa shape index (κ3) is 2.40. The minimum atomic E-state index is -1.01. The van der Waals surface area contributed by atoms with E-state index in [1.54, 1.807) is 24.3 Å². The molecule has 1 N–H and O–H groups in total. The number of cyclic esters (lactones) is 1. The predicted octanol–water partition coefficient (Wildman–Crippen LogP) is 1.86. The number of thiocarbonyl (C=S) groups is 1. The molecule has 0 spiro atoms. The van der Waals surface area contributed by atoms with Crippen LogP contribution in [0, 0.1) is 0 Å². The molecule has 0 atom stereocenters. The fraction of sp³-hybridized carbons (Fsp3) is 0.143. The van der Waals surface area contributed by atoms with E-state index < -0.39 is 17.8 Å². The maximum atomic E-state index is 12.4. The van der Waals surface area contributed by atoms with Crippen LogP contribution in [0.15, 0.2) is 29.2 Å². The van der Waals surface area contributed by atoms with Crippen molar-refractivity contribution in [2.45, 2.75) is 6.42 Å². The van der Waals surface area contributed by atoms with Crippen molar-refractivity contribution >= 4 is 51.9 Å². The van der Waals surface area contributed by atoms with Crippen molar-refractivity contribution < 1.29 is 24.2 Å². The van der Waals surface area contributed by atoms with Crippen molar-refractivity contribution in [3.8, 4) is 0 Å². The van der Waals surface area contributed by atoms with E-state index in [2.05, 4.69) is 0 Å². The highest BCUT2D eigenvalue weighted by Gasteiger charge is 2.39. The Labute approximate surface area is 134 Å². The standard InChI is InChI=1S/C14H9NO5S2/c16-9(17)5-6-15-12(18)11(22-14(15)21)10-7-3-1-2-4-8(7)13(19)20-10/h1-4H,5-6H2,(H,16,17). The lowest BCUT2D eigenvalue weighted by Gasteiger charge is -2.12. The van der Waals surface area contributed by atoms with Gasteiger partial charge >= 0.3 is 11.9 Å². The van der Waals surface area contributed by atoms with Gasteiger partial charge in [0.1, 0.15) is 9.23 Å². The fourth-order valence-corrected chi connectivity index (χ4v) is 3.49. The van der Waals surface area contributed by atoms with Crippen LogP contribution in [0.2, 0.25) is 0 Å². The summed E-state index contributed by atoms with van der Waals surface area (Å²) in [5, 5.41) is 8.72. The van der Waals surface area contributed by atoms with Gasteiger partial charge in [0.05, 0.1) is 12.0 Å². The van der Waals surface area contributed by atoms with Crippen molar-refractivity contribution in [1.82, 2.24) is 4.90 Å². The van der Waals surface area contributed by atoms with Gasteiger partial charge in [-0.15, -0.1) is 0 Å². The number of carboxylic acids is 1. The summed E-state index contributed by atoms with van der Waals surface area (Å²) in [4.78, 5) is 36.3. The first-order chi connectivity index (χ1) is 10.5. The first-order valence-electron chi connectivity index (χ1n) is 6.30. The van der Waals surface area contributed by atoms with Gasteiger partial charge in [0, 0.05) is 12.1 Å².